The first-order valence-corrected chi connectivity index (χ1v) is 11.6. The van der Waals surface area contributed by atoms with Crippen LogP contribution in [0.25, 0.3) is 0 Å². The predicted molar refractivity (Wildman–Crippen MR) is 126 cm³/mol. The van der Waals surface area contributed by atoms with E-state index in [1.54, 1.807) is 19.2 Å². The van der Waals surface area contributed by atoms with E-state index in [-0.39, 0.29) is 5.69 Å². The highest BCUT2D eigenvalue weighted by Crippen LogP contribution is 2.25. The molecule has 0 aliphatic carbocycles. The largest absolute Gasteiger partial charge is 0.497 e. The molecular formula is C21H24N6O5S. The highest BCUT2D eigenvalue weighted by atomic mass is 32.2. The number of morpholine rings is 1. The summed E-state index contributed by atoms with van der Waals surface area (Å²) >= 11 is 0. The van der Waals surface area contributed by atoms with Crippen LogP contribution in [0.2, 0.25) is 0 Å². The summed E-state index contributed by atoms with van der Waals surface area (Å²) in [4.78, 5) is 11.4. The molecule has 0 amide bonds. The Morgan fingerprint density at radius 3 is 2.18 bits per heavy atom. The van der Waals surface area contributed by atoms with E-state index < -0.39 is 10.3 Å². The molecule has 12 heteroatoms. The minimum absolute atomic E-state index is 0.238. The van der Waals surface area contributed by atoms with Gasteiger partial charge in [0.05, 0.1) is 26.0 Å². The van der Waals surface area contributed by atoms with Crippen LogP contribution in [0, 0.1) is 0 Å². The van der Waals surface area contributed by atoms with Gasteiger partial charge in [-0.1, -0.05) is 0 Å². The molecule has 0 saturated carbocycles. The van der Waals surface area contributed by atoms with Gasteiger partial charge in [-0.15, -0.1) is 0 Å². The molecule has 4 N–H and O–H groups in total. The highest BCUT2D eigenvalue weighted by molar-refractivity contribution is 7.87. The summed E-state index contributed by atoms with van der Waals surface area (Å²) in [5.74, 6) is 2.46. The summed E-state index contributed by atoms with van der Waals surface area (Å²) in [6.07, 6.45) is 0. The summed E-state index contributed by atoms with van der Waals surface area (Å²) in [5, 5.41) is 6.42. The van der Waals surface area contributed by atoms with E-state index >= 15 is 0 Å². The third-order valence-electron chi connectivity index (χ3n) is 4.80. The van der Waals surface area contributed by atoms with Crippen LogP contribution < -0.4 is 25.0 Å². The van der Waals surface area contributed by atoms with Gasteiger partial charge < -0.3 is 25.0 Å². The molecule has 33 heavy (non-hydrogen) atoms. The number of nitrogens with zero attached hydrogens (tertiary/aromatic N) is 3. The van der Waals surface area contributed by atoms with Crippen LogP contribution in [0.15, 0.2) is 54.6 Å². The fraction of sp³-hybridized carbons (Fsp3) is 0.238. The van der Waals surface area contributed by atoms with Crippen molar-refractivity contribution in [2.75, 3.05) is 53.7 Å². The van der Waals surface area contributed by atoms with Crippen molar-refractivity contribution in [2.45, 2.75) is 0 Å². The van der Waals surface area contributed by atoms with E-state index in [0.29, 0.717) is 43.8 Å². The van der Waals surface area contributed by atoms with E-state index in [2.05, 4.69) is 25.5 Å². The van der Waals surface area contributed by atoms with Crippen LogP contribution in [-0.4, -0.2) is 56.4 Å². The first-order chi connectivity index (χ1) is 15.9. The lowest BCUT2D eigenvalue weighted by Crippen LogP contribution is -2.36. The Bertz CT molecular complexity index is 1180. The minimum atomic E-state index is -4.33. The molecular weight excluding hydrogens is 448 g/mol. The van der Waals surface area contributed by atoms with Crippen molar-refractivity contribution in [2.24, 2.45) is 0 Å². The van der Waals surface area contributed by atoms with Crippen molar-refractivity contribution in [3.8, 4) is 5.75 Å². The number of nitrogens with one attached hydrogen (secondary N) is 3. The normalized spacial score (nSPS) is 13.9. The molecule has 1 fully saturated rings. The molecule has 0 unspecified atom stereocenters. The Morgan fingerprint density at radius 2 is 1.55 bits per heavy atom. The smallest absolute Gasteiger partial charge is 0.357 e. The fourth-order valence-corrected chi connectivity index (χ4v) is 3.66. The van der Waals surface area contributed by atoms with Gasteiger partial charge in [-0.05, 0) is 48.5 Å². The topological polar surface area (TPSA) is 138 Å². The molecule has 11 nitrogen and oxygen atoms in total. The maximum Gasteiger partial charge on any atom is 0.357 e. The summed E-state index contributed by atoms with van der Waals surface area (Å²) in [5.41, 5.74) is 1.72. The number of aromatic nitrogens is 2. The third kappa shape index (κ3) is 6.44. The SMILES string of the molecule is COc1ccc(Nc2nc(Nc3ccc(NS(=O)(=O)O)cc3)cc(N3CCOCC3)n2)cc1. The first kappa shape index (κ1) is 22.6. The quantitative estimate of drug-likeness (QED) is 0.362. The predicted octanol–water partition coefficient (Wildman–Crippen LogP) is 3.02. The summed E-state index contributed by atoms with van der Waals surface area (Å²) in [6.45, 7) is 2.68. The molecule has 2 aromatic carbocycles. The minimum Gasteiger partial charge on any atom is -0.497 e. The van der Waals surface area contributed by atoms with Crippen molar-refractivity contribution in [1.29, 1.82) is 0 Å². The zero-order valence-corrected chi connectivity index (χ0v) is 18.7. The van der Waals surface area contributed by atoms with Crippen molar-refractivity contribution in [3.05, 3.63) is 54.6 Å². The highest BCUT2D eigenvalue weighted by Gasteiger charge is 2.15. The first-order valence-electron chi connectivity index (χ1n) is 10.1. The second-order valence-corrected chi connectivity index (χ2v) is 8.32. The molecule has 1 saturated heterocycles. The van der Waals surface area contributed by atoms with Gasteiger partial charge >= 0.3 is 10.3 Å². The number of ether oxygens (including phenoxy) is 2. The maximum atomic E-state index is 11.0. The summed E-state index contributed by atoms with van der Waals surface area (Å²) in [6, 6.07) is 15.7. The molecule has 1 aliphatic rings. The molecule has 4 rings (SSSR count). The van der Waals surface area contributed by atoms with Crippen LogP contribution in [-0.2, 0) is 15.0 Å². The summed E-state index contributed by atoms with van der Waals surface area (Å²) < 4.78 is 43.5. The number of hydrogen-bond donors (Lipinski definition) is 4. The monoisotopic (exact) mass is 472 g/mol. The van der Waals surface area contributed by atoms with Gasteiger partial charge in [0.15, 0.2) is 0 Å². The molecule has 1 aliphatic heterocycles. The number of hydrogen-bond acceptors (Lipinski definition) is 9. The molecule has 0 bridgehead atoms. The van der Waals surface area contributed by atoms with Gasteiger partial charge in [-0.25, -0.2) is 0 Å². The number of anilines is 6. The molecule has 1 aromatic heterocycles. The number of methoxy groups -OCH3 is 1. The van der Waals surface area contributed by atoms with Gasteiger partial charge in [-0.2, -0.15) is 18.4 Å². The second-order valence-electron chi connectivity index (χ2n) is 7.17. The maximum absolute atomic E-state index is 11.0. The Kier molecular flexibility index (Phi) is 6.77. The van der Waals surface area contributed by atoms with Crippen molar-refractivity contribution in [1.82, 2.24) is 9.97 Å². The molecule has 174 valence electrons. The average molecular weight is 473 g/mol. The van der Waals surface area contributed by atoms with Gasteiger partial charge in [0.1, 0.15) is 17.4 Å². The van der Waals surface area contributed by atoms with E-state index in [4.69, 9.17) is 14.0 Å². The third-order valence-corrected chi connectivity index (χ3v) is 5.29. The molecule has 3 aromatic rings. The van der Waals surface area contributed by atoms with E-state index in [1.165, 1.54) is 12.1 Å². The zero-order valence-electron chi connectivity index (χ0n) is 17.9. The Morgan fingerprint density at radius 1 is 0.939 bits per heavy atom. The lowest BCUT2D eigenvalue weighted by Gasteiger charge is -2.28. The average Bonchev–Trinajstić information content (AvgIpc) is 2.80. The van der Waals surface area contributed by atoms with Gasteiger partial charge in [0, 0.05) is 30.5 Å². The Hall–Kier alpha value is -3.61. The number of benzene rings is 2. The zero-order chi connectivity index (χ0) is 23.3. The molecule has 0 radical (unpaired) electrons. The number of rotatable bonds is 8. The van der Waals surface area contributed by atoms with E-state index in [1.807, 2.05) is 35.1 Å². The fourth-order valence-electron chi connectivity index (χ4n) is 3.23. The molecule has 0 atom stereocenters. The van der Waals surface area contributed by atoms with Crippen LogP contribution in [0.5, 0.6) is 5.75 Å². The van der Waals surface area contributed by atoms with Gasteiger partial charge in [0.25, 0.3) is 0 Å². The van der Waals surface area contributed by atoms with E-state index in [0.717, 1.165) is 17.3 Å². The lowest BCUT2D eigenvalue weighted by molar-refractivity contribution is 0.122. The van der Waals surface area contributed by atoms with Crippen LogP contribution in [0.3, 0.4) is 0 Å². The summed E-state index contributed by atoms with van der Waals surface area (Å²) in [7, 11) is -2.72. The Balaban J connectivity index is 1.58. The standard InChI is InChI=1S/C21H24N6O5S/c1-31-18-8-6-16(7-9-18)23-21-24-19(14-20(25-21)27-10-12-32-13-11-27)22-15-2-4-17(5-3-15)26-33(28,29)30/h2-9,14,26H,10-13H2,1H3,(H,28,29,30)(H2,22,23,24,25). The van der Waals surface area contributed by atoms with Crippen molar-refractivity contribution < 1.29 is 22.4 Å². The lowest BCUT2D eigenvalue weighted by atomic mass is 10.3. The van der Waals surface area contributed by atoms with Gasteiger partial charge in [0.2, 0.25) is 5.95 Å². The van der Waals surface area contributed by atoms with Crippen molar-refractivity contribution >= 4 is 45.0 Å². The second kappa shape index (κ2) is 9.90. The molecule has 0 spiro atoms. The van der Waals surface area contributed by atoms with E-state index in [9.17, 15) is 8.42 Å². The van der Waals surface area contributed by atoms with Crippen LogP contribution in [0.4, 0.5) is 34.6 Å². The van der Waals surface area contributed by atoms with Crippen molar-refractivity contribution in [3.63, 3.8) is 0 Å². The molecule has 2 heterocycles. The Labute approximate surface area is 191 Å². The van der Waals surface area contributed by atoms with Crippen LogP contribution in [0.1, 0.15) is 0 Å². The van der Waals surface area contributed by atoms with Gasteiger partial charge in [-0.3, -0.25) is 9.27 Å². The van der Waals surface area contributed by atoms with Crippen LogP contribution >= 0.6 is 0 Å².